The van der Waals surface area contributed by atoms with Gasteiger partial charge in [0.25, 0.3) is 11.8 Å². The van der Waals surface area contributed by atoms with Crippen molar-refractivity contribution in [2.24, 2.45) is 5.92 Å². The summed E-state index contributed by atoms with van der Waals surface area (Å²) in [6, 6.07) is 11.1. The second-order valence-corrected chi connectivity index (χ2v) is 7.40. The molecule has 0 unspecified atom stereocenters. The van der Waals surface area contributed by atoms with Crippen molar-refractivity contribution in [3.63, 3.8) is 0 Å². The minimum atomic E-state index is -0.190. The summed E-state index contributed by atoms with van der Waals surface area (Å²) in [7, 11) is 1.59. The van der Waals surface area contributed by atoms with Gasteiger partial charge in [-0.05, 0) is 57.0 Å². The minimum absolute atomic E-state index is 0.159. The molecule has 6 heteroatoms. The van der Waals surface area contributed by atoms with E-state index in [2.05, 4.69) is 22.5 Å². The maximum absolute atomic E-state index is 12.8. The molecule has 2 N–H and O–H groups in total. The quantitative estimate of drug-likeness (QED) is 0.871. The van der Waals surface area contributed by atoms with Crippen LogP contribution in [0.15, 0.2) is 40.8 Å². The maximum Gasteiger partial charge on any atom is 0.287 e. The third-order valence-electron chi connectivity index (χ3n) is 5.97. The van der Waals surface area contributed by atoms with Gasteiger partial charge in [0.2, 0.25) is 0 Å². The number of carbonyl (C=O) groups excluding carboxylic acids is 2. The first-order valence-electron chi connectivity index (χ1n) is 9.54. The Bertz CT molecular complexity index is 850. The Hall–Kier alpha value is -2.60. The fourth-order valence-electron chi connectivity index (χ4n) is 4.40. The first-order valence-corrected chi connectivity index (χ1v) is 9.54. The van der Waals surface area contributed by atoms with Crippen LogP contribution in [-0.2, 0) is 0 Å². The van der Waals surface area contributed by atoms with Crippen LogP contribution in [0, 0.1) is 5.92 Å². The van der Waals surface area contributed by atoms with E-state index in [0.717, 1.165) is 25.9 Å². The largest absolute Gasteiger partial charge is 0.451 e. The molecule has 0 saturated carbocycles. The monoisotopic (exact) mass is 367 g/mol. The molecule has 4 heterocycles. The maximum atomic E-state index is 12.8. The molecule has 3 fully saturated rings. The number of piperidine rings is 3. The van der Waals surface area contributed by atoms with E-state index in [4.69, 9.17) is 4.42 Å². The third-order valence-corrected chi connectivity index (χ3v) is 5.97. The highest BCUT2D eigenvalue weighted by atomic mass is 16.4. The lowest BCUT2D eigenvalue weighted by Gasteiger charge is -2.49. The van der Waals surface area contributed by atoms with Gasteiger partial charge in [-0.25, -0.2) is 0 Å². The van der Waals surface area contributed by atoms with E-state index in [0.29, 0.717) is 28.8 Å². The van der Waals surface area contributed by atoms with Crippen molar-refractivity contribution >= 4 is 11.8 Å². The summed E-state index contributed by atoms with van der Waals surface area (Å²) < 4.78 is 5.82. The number of carbonyl (C=O) groups is 2. The topological polar surface area (TPSA) is 74.6 Å². The first kappa shape index (κ1) is 17.8. The van der Waals surface area contributed by atoms with Crippen LogP contribution < -0.4 is 10.6 Å². The van der Waals surface area contributed by atoms with Gasteiger partial charge in [-0.15, -0.1) is 0 Å². The predicted molar refractivity (Wildman–Crippen MR) is 103 cm³/mol. The summed E-state index contributed by atoms with van der Waals surface area (Å²) in [4.78, 5) is 27.3. The fraction of sp³-hybridized carbons (Fsp3) is 0.429. The van der Waals surface area contributed by atoms with Crippen LogP contribution in [0.1, 0.15) is 40.7 Å². The van der Waals surface area contributed by atoms with Gasteiger partial charge in [-0.1, -0.05) is 18.2 Å². The Morgan fingerprint density at radius 1 is 1.07 bits per heavy atom. The molecule has 2 amide bonds. The molecule has 3 aliphatic heterocycles. The molecule has 1 aromatic carbocycles. The Balaban J connectivity index is 1.53. The summed E-state index contributed by atoms with van der Waals surface area (Å²) in [6.45, 7) is 4.43. The van der Waals surface area contributed by atoms with Crippen LogP contribution in [0.5, 0.6) is 0 Å². The molecule has 2 bridgehead atoms. The fourth-order valence-corrected chi connectivity index (χ4v) is 4.40. The number of amides is 2. The zero-order valence-electron chi connectivity index (χ0n) is 15.7. The highest BCUT2D eigenvalue weighted by Gasteiger charge is 2.40. The van der Waals surface area contributed by atoms with E-state index in [1.807, 2.05) is 12.1 Å². The van der Waals surface area contributed by atoms with Crippen molar-refractivity contribution in [3.8, 4) is 11.3 Å². The lowest BCUT2D eigenvalue weighted by Crippen LogP contribution is -2.62. The molecule has 2 atom stereocenters. The van der Waals surface area contributed by atoms with Gasteiger partial charge in [0, 0.05) is 24.7 Å². The van der Waals surface area contributed by atoms with Crippen molar-refractivity contribution < 1.29 is 14.0 Å². The van der Waals surface area contributed by atoms with E-state index in [-0.39, 0.29) is 23.6 Å². The summed E-state index contributed by atoms with van der Waals surface area (Å²) in [6.07, 6.45) is 2.27. The summed E-state index contributed by atoms with van der Waals surface area (Å²) in [5.74, 6) is 0.956. The van der Waals surface area contributed by atoms with Gasteiger partial charge in [0.05, 0.1) is 5.56 Å². The molecule has 1 aromatic heterocycles. The molecule has 142 valence electrons. The van der Waals surface area contributed by atoms with Gasteiger partial charge in [-0.2, -0.15) is 0 Å². The smallest absolute Gasteiger partial charge is 0.287 e. The van der Waals surface area contributed by atoms with E-state index in [1.54, 1.807) is 31.3 Å². The molecule has 0 radical (unpaired) electrons. The lowest BCUT2D eigenvalue weighted by atomic mass is 9.79. The predicted octanol–water partition coefficient (Wildman–Crippen LogP) is 2.52. The molecule has 5 rings (SSSR count). The number of furan rings is 1. The van der Waals surface area contributed by atoms with Gasteiger partial charge in [-0.3, -0.25) is 14.5 Å². The van der Waals surface area contributed by atoms with Crippen LogP contribution in [-0.4, -0.2) is 48.9 Å². The van der Waals surface area contributed by atoms with Crippen molar-refractivity contribution in [1.29, 1.82) is 0 Å². The number of hydrogen-bond acceptors (Lipinski definition) is 4. The second-order valence-electron chi connectivity index (χ2n) is 7.40. The van der Waals surface area contributed by atoms with E-state index in [9.17, 15) is 9.59 Å². The van der Waals surface area contributed by atoms with Crippen LogP contribution in [0.3, 0.4) is 0 Å². The van der Waals surface area contributed by atoms with Crippen molar-refractivity contribution in [1.82, 2.24) is 15.5 Å². The number of hydrogen-bond donors (Lipinski definition) is 2. The number of nitrogens with zero attached hydrogens (tertiary/aromatic N) is 1. The normalized spacial score (nSPS) is 26.6. The number of rotatable bonds is 4. The third kappa shape index (κ3) is 3.25. The van der Waals surface area contributed by atoms with Gasteiger partial charge >= 0.3 is 0 Å². The second kappa shape index (κ2) is 7.19. The lowest BCUT2D eigenvalue weighted by molar-refractivity contribution is 0.0211. The van der Waals surface area contributed by atoms with Gasteiger partial charge in [0.15, 0.2) is 5.76 Å². The highest BCUT2D eigenvalue weighted by Crippen LogP contribution is 2.32. The molecule has 2 aromatic rings. The molecule has 27 heavy (non-hydrogen) atoms. The molecule has 6 nitrogen and oxygen atoms in total. The SMILES string of the molecule is CNC(=O)c1ccccc1-c1ccc(C(=O)N[C@@H]2C3CCN(CC3)[C@@H]2C)o1. The van der Waals surface area contributed by atoms with Gasteiger partial charge in [0.1, 0.15) is 5.76 Å². The molecular formula is C21H25N3O3. The molecule has 3 saturated heterocycles. The Morgan fingerprint density at radius 2 is 1.81 bits per heavy atom. The zero-order valence-corrected chi connectivity index (χ0v) is 15.7. The number of fused-ring (bicyclic) bond motifs is 3. The van der Waals surface area contributed by atoms with Crippen LogP contribution in [0.4, 0.5) is 0 Å². The Kier molecular flexibility index (Phi) is 4.74. The van der Waals surface area contributed by atoms with E-state index in [1.165, 1.54) is 0 Å². The van der Waals surface area contributed by atoms with Crippen LogP contribution in [0.25, 0.3) is 11.3 Å². The highest BCUT2D eigenvalue weighted by molar-refractivity contribution is 6.00. The Morgan fingerprint density at radius 3 is 2.52 bits per heavy atom. The number of nitrogens with one attached hydrogen (secondary N) is 2. The van der Waals surface area contributed by atoms with Crippen molar-refractivity contribution in [3.05, 3.63) is 47.7 Å². The van der Waals surface area contributed by atoms with Crippen LogP contribution >= 0.6 is 0 Å². The average Bonchev–Trinajstić information content (AvgIpc) is 3.20. The van der Waals surface area contributed by atoms with Crippen molar-refractivity contribution in [2.75, 3.05) is 20.1 Å². The first-order chi connectivity index (χ1) is 13.1. The summed E-state index contributed by atoms with van der Waals surface area (Å²) in [5.41, 5.74) is 1.19. The zero-order chi connectivity index (χ0) is 19.0. The summed E-state index contributed by atoms with van der Waals surface area (Å²) >= 11 is 0. The molecule has 3 aliphatic rings. The average molecular weight is 367 g/mol. The van der Waals surface area contributed by atoms with E-state index >= 15 is 0 Å². The molecule has 0 spiro atoms. The molecular weight excluding hydrogens is 342 g/mol. The Labute approximate surface area is 158 Å². The van der Waals surface area contributed by atoms with Crippen molar-refractivity contribution in [2.45, 2.75) is 31.8 Å². The standard InChI is InChI=1S/C21H25N3O3/c1-13-19(14-9-11-24(13)12-10-14)23-21(26)18-8-7-17(27-18)15-5-3-4-6-16(15)20(25)22-2/h3-8,13-14,19H,9-12H2,1-2H3,(H,22,25)(H,23,26)/t13-,19+/m1/s1. The molecule has 0 aliphatic carbocycles. The van der Waals surface area contributed by atoms with Gasteiger partial charge < -0.3 is 15.1 Å². The number of benzene rings is 1. The minimum Gasteiger partial charge on any atom is -0.451 e. The summed E-state index contributed by atoms with van der Waals surface area (Å²) in [5, 5.41) is 5.81. The van der Waals surface area contributed by atoms with Crippen LogP contribution in [0.2, 0.25) is 0 Å². The van der Waals surface area contributed by atoms with E-state index < -0.39 is 0 Å².